The van der Waals surface area contributed by atoms with Gasteiger partial charge < -0.3 is 15.0 Å². The Bertz CT molecular complexity index is 1100. The summed E-state index contributed by atoms with van der Waals surface area (Å²) in [5.74, 6) is 0.0871. The molecule has 0 saturated carbocycles. The van der Waals surface area contributed by atoms with Gasteiger partial charge in [0.2, 0.25) is 5.91 Å². The van der Waals surface area contributed by atoms with Gasteiger partial charge in [0.05, 0.1) is 18.5 Å². The standard InChI is InChI=1S/C24H29N3O4S/c1-3-4-6-13-24(28)25-19-14-15-21(27-16-9-5-10-17-27)23(18-19)32(29,30)26-20-11-7-8-12-22(20)31-2/h3-4,6-8,11-15,18,26H,5,9-10,16-17H2,1-2H3,(H,25,28)/b4-3+,13-6+. The van der Waals surface area contributed by atoms with Crippen molar-refractivity contribution in [1.29, 1.82) is 0 Å². The number of amides is 1. The van der Waals surface area contributed by atoms with Gasteiger partial charge in [0.1, 0.15) is 10.6 Å². The minimum Gasteiger partial charge on any atom is -0.495 e. The Hall–Kier alpha value is -3.26. The van der Waals surface area contributed by atoms with Gasteiger partial charge >= 0.3 is 0 Å². The molecule has 2 aromatic carbocycles. The summed E-state index contributed by atoms with van der Waals surface area (Å²) in [5, 5.41) is 2.73. The number of methoxy groups -OCH3 is 1. The van der Waals surface area contributed by atoms with Crippen LogP contribution in [0.3, 0.4) is 0 Å². The van der Waals surface area contributed by atoms with Gasteiger partial charge in [0.25, 0.3) is 10.0 Å². The number of benzene rings is 2. The van der Waals surface area contributed by atoms with E-state index in [-0.39, 0.29) is 10.8 Å². The summed E-state index contributed by atoms with van der Waals surface area (Å²) in [6.07, 6.45) is 9.71. The zero-order chi connectivity index (χ0) is 23.0. The number of piperidine rings is 1. The highest BCUT2D eigenvalue weighted by Crippen LogP contribution is 2.33. The summed E-state index contributed by atoms with van der Waals surface area (Å²) >= 11 is 0. The van der Waals surface area contributed by atoms with E-state index in [0.29, 0.717) is 22.8 Å². The maximum Gasteiger partial charge on any atom is 0.264 e. The summed E-state index contributed by atoms with van der Waals surface area (Å²) in [4.78, 5) is 14.4. The second-order valence-electron chi connectivity index (χ2n) is 7.41. The van der Waals surface area contributed by atoms with Crippen LogP contribution in [-0.2, 0) is 14.8 Å². The normalized spacial score (nSPS) is 14.6. The molecule has 7 nitrogen and oxygen atoms in total. The van der Waals surface area contributed by atoms with Gasteiger partial charge in [0.15, 0.2) is 0 Å². The number of allylic oxidation sites excluding steroid dienone is 3. The van der Waals surface area contributed by atoms with Gasteiger partial charge in [-0.15, -0.1) is 0 Å². The minimum atomic E-state index is -3.96. The van der Waals surface area contributed by atoms with Gasteiger partial charge in [-0.2, -0.15) is 0 Å². The molecule has 1 heterocycles. The van der Waals surface area contributed by atoms with E-state index in [9.17, 15) is 13.2 Å². The number of rotatable bonds is 8. The number of carbonyl (C=O) groups excluding carboxylic acids is 1. The van der Waals surface area contributed by atoms with Crippen LogP contribution in [0, 0.1) is 0 Å². The number of ether oxygens (including phenoxy) is 1. The molecule has 0 aliphatic carbocycles. The van der Waals surface area contributed by atoms with E-state index >= 15 is 0 Å². The number of anilines is 3. The maximum atomic E-state index is 13.5. The third-order valence-electron chi connectivity index (χ3n) is 5.12. The molecule has 1 saturated heterocycles. The number of sulfonamides is 1. The van der Waals surface area contributed by atoms with Gasteiger partial charge in [-0.1, -0.05) is 30.4 Å². The summed E-state index contributed by atoms with van der Waals surface area (Å²) < 4.78 is 34.8. The van der Waals surface area contributed by atoms with Gasteiger partial charge in [0, 0.05) is 24.9 Å². The fourth-order valence-electron chi connectivity index (χ4n) is 3.57. The molecule has 0 atom stereocenters. The molecule has 32 heavy (non-hydrogen) atoms. The largest absolute Gasteiger partial charge is 0.495 e. The number of nitrogens with zero attached hydrogens (tertiary/aromatic N) is 1. The molecule has 3 rings (SSSR count). The molecular weight excluding hydrogens is 426 g/mol. The quantitative estimate of drug-likeness (QED) is 0.450. The van der Waals surface area contributed by atoms with Crippen molar-refractivity contribution < 1.29 is 17.9 Å². The molecule has 0 radical (unpaired) electrons. The monoisotopic (exact) mass is 455 g/mol. The van der Waals surface area contributed by atoms with Crippen molar-refractivity contribution >= 4 is 33.0 Å². The van der Waals surface area contributed by atoms with Crippen LogP contribution >= 0.6 is 0 Å². The number of nitrogens with one attached hydrogen (secondary N) is 2. The van der Waals surface area contributed by atoms with Crippen LogP contribution in [0.25, 0.3) is 0 Å². The van der Waals surface area contributed by atoms with Crippen molar-refractivity contribution in [2.24, 2.45) is 0 Å². The van der Waals surface area contributed by atoms with Gasteiger partial charge in [-0.05, 0) is 56.5 Å². The van der Waals surface area contributed by atoms with Gasteiger partial charge in [-0.3, -0.25) is 9.52 Å². The SMILES string of the molecule is C/C=C/C=C/C(=O)Nc1ccc(N2CCCCC2)c(S(=O)(=O)Nc2ccccc2OC)c1. The van der Waals surface area contributed by atoms with E-state index in [1.54, 1.807) is 48.6 Å². The fraction of sp³-hybridized carbons (Fsp3) is 0.292. The maximum absolute atomic E-state index is 13.5. The molecule has 0 bridgehead atoms. The minimum absolute atomic E-state index is 0.112. The summed E-state index contributed by atoms with van der Waals surface area (Å²) in [6, 6.07) is 11.8. The van der Waals surface area contributed by atoms with Crippen LogP contribution < -0.4 is 19.7 Å². The van der Waals surface area contributed by atoms with E-state index in [0.717, 1.165) is 32.4 Å². The zero-order valence-corrected chi connectivity index (χ0v) is 19.2. The highest BCUT2D eigenvalue weighted by Gasteiger charge is 2.25. The van der Waals surface area contributed by atoms with Crippen molar-refractivity contribution in [3.05, 3.63) is 66.8 Å². The topological polar surface area (TPSA) is 87.7 Å². The Labute approximate surface area is 189 Å². The Morgan fingerprint density at radius 1 is 1.06 bits per heavy atom. The Morgan fingerprint density at radius 3 is 2.53 bits per heavy atom. The lowest BCUT2D eigenvalue weighted by atomic mass is 10.1. The fourth-order valence-corrected chi connectivity index (χ4v) is 4.89. The van der Waals surface area contributed by atoms with Crippen molar-refractivity contribution in [2.45, 2.75) is 31.1 Å². The van der Waals surface area contributed by atoms with Crippen LogP contribution in [0.1, 0.15) is 26.2 Å². The molecule has 2 N–H and O–H groups in total. The molecule has 1 fully saturated rings. The lowest BCUT2D eigenvalue weighted by Crippen LogP contribution is -2.31. The Morgan fingerprint density at radius 2 is 1.81 bits per heavy atom. The molecule has 0 spiro atoms. The molecule has 8 heteroatoms. The molecule has 2 aromatic rings. The van der Waals surface area contributed by atoms with Crippen LogP contribution in [0.15, 0.2) is 71.7 Å². The third-order valence-corrected chi connectivity index (χ3v) is 6.51. The zero-order valence-electron chi connectivity index (χ0n) is 18.4. The number of hydrogen-bond acceptors (Lipinski definition) is 5. The second-order valence-corrected chi connectivity index (χ2v) is 9.06. The predicted molar refractivity (Wildman–Crippen MR) is 129 cm³/mol. The molecule has 0 unspecified atom stereocenters. The van der Waals surface area contributed by atoms with Crippen molar-refractivity contribution in [3.63, 3.8) is 0 Å². The molecule has 1 amide bonds. The van der Waals surface area contributed by atoms with Crippen LogP contribution in [0.2, 0.25) is 0 Å². The molecule has 1 aliphatic rings. The van der Waals surface area contributed by atoms with Crippen LogP contribution in [-0.4, -0.2) is 34.5 Å². The average Bonchev–Trinajstić information content (AvgIpc) is 2.80. The second kappa shape index (κ2) is 10.9. The third kappa shape index (κ3) is 5.91. The summed E-state index contributed by atoms with van der Waals surface area (Å²) in [5.41, 5.74) is 1.37. The molecule has 1 aliphatic heterocycles. The lowest BCUT2D eigenvalue weighted by molar-refractivity contribution is -0.111. The van der Waals surface area contributed by atoms with Crippen molar-refractivity contribution in [2.75, 3.05) is 35.1 Å². The Balaban J connectivity index is 1.98. The molecule has 0 aromatic heterocycles. The number of hydrogen-bond donors (Lipinski definition) is 2. The molecular formula is C24H29N3O4S. The average molecular weight is 456 g/mol. The number of para-hydroxylation sites is 2. The first-order valence-electron chi connectivity index (χ1n) is 10.6. The number of carbonyl (C=O) groups is 1. The first-order valence-corrected chi connectivity index (χ1v) is 12.1. The Kier molecular flexibility index (Phi) is 7.94. The summed E-state index contributed by atoms with van der Waals surface area (Å²) in [6.45, 7) is 3.43. The predicted octanol–water partition coefficient (Wildman–Crippen LogP) is 4.56. The summed E-state index contributed by atoms with van der Waals surface area (Å²) in [7, 11) is -2.47. The first-order chi connectivity index (χ1) is 15.4. The molecule has 170 valence electrons. The van der Waals surface area contributed by atoms with E-state index in [1.165, 1.54) is 19.3 Å². The smallest absolute Gasteiger partial charge is 0.264 e. The van der Waals surface area contributed by atoms with Crippen LogP contribution in [0.4, 0.5) is 17.1 Å². The van der Waals surface area contributed by atoms with Crippen molar-refractivity contribution in [3.8, 4) is 5.75 Å². The van der Waals surface area contributed by atoms with E-state index in [4.69, 9.17) is 4.74 Å². The van der Waals surface area contributed by atoms with Gasteiger partial charge in [-0.25, -0.2) is 8.42 Å². The first kappa shape index (κ1) is 23.4. The highest BCUT2D eigenvalue weighted by atomic mass is 32.2. The van der Waals surface area contributed by atoms with E-state index in [1.807, 2.05) is 13.0 Å². The van der Waals surface area contributed by atoms with Crippen LogP contribution in [0.5, 0.6) is 5.75 Å². The van der Waals surface area contributed by atoms with E-state index < -0.39 is 10.0 Å². The van der Waals surface area contributed by atoms with Crippen molar-refractivity contribution in [1.82, 2.24) is 0 Å². The highest BCUT2D eigenvalue weighted by molar-refractivity contribution is 7.93. The lowest BCUT2D eigenvalue weighted by Gasteiger charge is -2.30. The van der Waals surface area contributed by atoms with E-state index in [2.05, 4.69) is 14.9 Å².